The van der Waals surface area contributed by atoms with Gasteiger partial charge in [0.2, 0.25) is 5.82 Å². The highest BCUT2D eigenvalue weighted by Crippen LogP contribution is 2.29. The highest BCUT2D eigenvalue weighted by Gasteiger charge is 2.20. The van der Waals surface area contributed by atoms with Gasteiger partial charge in [-0.2, -0.15) is 0 Å². The first-order valence-corrected chi connectivity index (χ1v) is 12.3. The minimum Gasteiger partial charge on any atom is -0.319 e. The van der Waals surface area contributed by atoms with Gasteiger partial charge in [0.25, 0.3) is 5.91 Å². The van der Waals surface area contributed by atoms with Crippen molar-refractivity contribution in [1.29, 1.82) is 0 Å². The van der Waals surface area contributed by atoms with Crippen LogP contribution in [0.3, 0.4) is 0 Å². The van der Waals surface area contributed by atoms with Gasteiger partial charge < -0.3 is 5.32 Å². The number of rotatable bonds is 5. The third kappa shape index (κ3) is 5.03. The SMILES string of the molecule is CC(C)c1cc(Br)ccc1NC(=O)c1nc(-c2ccc(Br)cc2)n(-c2ccc(Br)cc2)n1. The molecule has 5 nitrogen and oxygen atoms in total. The summed E-state index contributed by atoms with van der Waals surface area (Å²) < 4.78 is 4.58. The molecule has 0 fully saturated rings. The van der Waals surface area contributed by atoms with Gasteiger partial charge >= 0.3 is 0 Å². The lowest BCUT2D eigenvalue weighted by atomic mass is 10.0. The van der Waals surface area contributed by atoms with Crippen LogP contribution in [0.5, 0.6) is 0 Å². The summed E-state index contributed by atoms with van der Waals surface area (Å²) in [6, 6.07) is 21.3. The highest BCUT2D eigenvalue weighted by atomic mass is 79.9. The van der Waals surface area contributed by atoms with Crippen LogP contribution in [0.2, 0.25) is 0 Å². The predicted molar refractivity (Wildman–Crippen MR) is 138 cm³/mol. The monoisotopic (exact) mass is 616 g/mol. The van der Waals surface area contributed by atoms with Crippen molar-refractivity contribution in [3.63, 3.8) is 0 Å². The Morgan fingerprint density at radius 2 is 1.47 bits per heavy atom. The Bertz CT molecular complexity index is 1200. The van der Waals surface area contributed by atoms with Crippen molar-refractivity contribution >= 4 is 59.4 Å². The quantitative estimate of drug-likeness (QED) is 0.251. The molecular weight excluding hydrogens is 600 g/mol. The Labute approximate surface area is 211 Å². The van der Waals surface area contributed by atoms with Crippen molar-refractivity contribution < 1.29 is 4.79 Å². The topological polar surface area (TPSA) is 59.8 Å². The van der Waals surface area contributed by atoms with E-state index in [2.05, 4.69) is 77.0 Å². The predicted octanol–water partition coefficient (Wildman–Crippen LogP) is 7.60. The van der Waals surface area contributed by atoms with Crippen molar-refractivity contribution in [2.45, 2.75) is 19.8 Å². The lowest BCUT2D eigenvalue weighted by molar-refractivity contribution is 0.101. The van der Waals surface area contributed by atoms with Gasteiger partial charge in [-0.05, 0) is 66.1 Å². The summed E-state index contributed by atoms with van der Waals surface area (Å²) in [7, 11) is 0. The molecule has 162 valence electrons. The van der Waals surface area contributed by atoms with Crippen molar-refractivity contribution in [2.24, 2.45) is 0 Å². The zero-order chi connectivity index (χ0) is 22.8. The van der Waals surface area contributed by atoms with Gasteiger partial charge in [-0.25, -0.2) is 9.67 Å². The average molecular weight is 619 g/mol. The third-order valence-corrected chi connectivity index (χ3v) is 6.42. The maximum absolute atomic E-state index is 13.1. The van der Waals surface area contributed by atoms with Crippen LogP contribution in [-0.4, -0.2) is 20.7 Å². The molecule has 0 radical (unpaired) electrons. The Kier molecular flexibility index (Phi) is 6.93. The Morgan fingerprint density at radius 1 is 0.875 bits per heavy atom. The number of carbonyl (C=O) groups is 1. The number of carbonyl (C=O) groups excluding carboxylic acids is 1. The van der Waals surface area contributed by atoms with E-state index in [1.807, 2.05) is 66.7 Å². The summed E-state index contributed by atoms with van der Waals surface area (Å²) in [6.07, 6.45) is 0. The summed E-state index contributed by atoms with van der Waals surface area (Å²) in [5.74, 6) is 0.575. The molecule has 0 aliphatic carbocycles. The van der Waals surface area contributed by atoms with Crippen molar-refractivity contribution in [3.8, 4) is 17.1 Å². The number of nitrogens with one attached hydrogen (secondary N) is 1. The van der Waals surface area contributed by atoms with Crippen molar-refractivity contribution in [3.05, 3.63) is 91.5 Å². The maximum Gasteiger partial charge on any atom is 0.295 e. The number of halogens is 3. The molecule has 0 spiro atoms. The molecule has 1 heterocycles. The molecule has 0 bridgehead atoms. The molecule has 0 saturated carbocycles. The van der Waals surface area contributed by atoms with Gasteiger partial charge in [-0.3, -0.25) is 4.79 Å². The van der Waals surface area contributed by atoms with E-state index in [9.17, 15) is 4.79 Å². The van der Waals surface area contributed by atoms with Crippen LogP contribution in [-0.2, 0) is 0 Å². The van der Waals surface area contributed by atoms with E-state index in [1.54, 1.807) is 4.68 Å². The first kappa shape index (κ1) is 22.9. The summed E-state index contributed by atoms with van der Waals surface area (Å²) in [6.45, 7) is 4.17. The fourth-order valence-electron chi connectivity index (χ4n) is 3.26. The van der Waals surface area contributed by atoms with E-state index in [4.69, 9.17) is 0 Å². The lowest BCUT2D eigenvalue weighted by Gasteiger charge is -2.13. The summed E-state index contributed by atoms with van der Waals surface area (Å²) in [5.41, 5.74) is 3.45. The largest absolute Gasteiger partial charge is 0.319 e. The standard InChI is InChI=1S/C24H19Br3N4O/c1-14(2)20-13-18(27)9-12-21(20)28-24(32)22-29-23(15-3-5-16(25)6-4-15)31(30-22)19-10-7-17(26)8-11-19/h3-14H,1-2H3,(H,28,32). The van der Waals surface area contributed by atoms with Gasteiger partial charge in [-0.1, -0.05) is 73.8 Å². The minimum atomic E-state index is -0.358. The molecule has 0 aliphatic rings. The number of aromatic nitrogens is 3. The van der Waals surface area contributed by atoms with E-state index in [0.717, 1.165) is 35.9 Å². The summed E-state index contributed by atoms with van der Waals surface area (Å²) in [5, 5.41) is 7.54. The smallest absolute Gasteiger partial charge is 0.295 e. The number of hydrogen-bond donors (Lipinski definition) is 1. The molecule has 1 amide bonds. The van der Waals surface area contributed by atoms with Crippen LogP contribution in [0.25, 0.3) is 17.1 Å². The van der Waals surface area contributed by atoms with E-state index in [1.165, 1.54) is 0 Å². The molecular formula is C24H19Br3N4O. The van der Waals surface area contributed by atoms with Crippen LogP contribution in [0.15, 0.2) is 80.1 Å². The number of anilines is 1. The van der Waals surface area contributed by atoms with E-state index in [-0.39, 0.29) is 17.6 Å². The van der Waals surface area contributed by atoms with Gasteiger partial charge in [0.1, 0.15) is 0 Å². The minimum absolute atomic E-state index is 0.100. The van der Waals surface area contributed by atoms with E-state index >= 15 is 0 Å². The second kappa shape index (κ2) is 9.68. The zero-order valence-electron chi connectivity index (χ0n) is 17.3. The second-order valence-electron chi connectivity index (χ2n) is 7.49. The molecule has 32 heavy (non-hydrogen) atoms. The second-order valence-corrected chi connectivity index (χ2v) is 10.2. The number of benzene rings is 3. The molecule has 4 aromatic rings. The normalized spacial score (nSPS) is 11.1. The van der Waals surface area contributed by atoms with Crippen LogP contribution in [0.1, 0.15) is 35.9 Å². The Hall–Kier alpha value is -2.29. The molecule has 4 rings (SSSR count). The lowest BCUT2D eigenvalue weighted by Crippen LogP contribution is -2.16. The number of amides is 1. The zero-order valence-corrected chi connectivity index (χ0v) is 22.1. The molecule has 0 unspecified atom stereocenters. The Balaban J connectivity index is 1.75. The van der Waals surface area contributed by atoms with E-state index in [0.29, 0.717) is 5.82 Å². The van der Waals surface area contributed by atoms with Crippen LogP contribution in [0.4, 0.5) is 5.69 Å². The van der Waals surface area contributed by atoms with Gasteiger partial charge in [0, 0.05) is 24.7 Å². The van der Waals surface area contributed by atoms with Crippen molar-refractivity contribution in [2.75, 3.05) is 5.32 Å². The summed E-state index contributed by atoms with van der Waals surface area (Å²) >= 11 is 10.4. The number of hydrogen-bond acceptors (Lipinski definition) is 3. The number of nitrogens with zero attached hydrogens (tertiary/aromatic N) is 3. The van der Waals surface area contributed by atoms with E-state index < -0.39 is 0 Å². The molecule has 1 N–H and O–H groups in total. The van der Waals surface area contributed by atoms with Crippen LogP contribution in [0, 0.1) is 0 Å². The van der Waals surface area contributed by atoms with Crippen molar-refractivity contribution in [1.82, 2.24) is 14.8 Å². The molecule has 0 aliphatic heterocycles. The fraction of sp³-hybridized carbons (Fsp3) is 0.125. The maximum atomic E-state index is 13.1. The highest BCUT2D eigenvalue weighted by molar-refractivity contribution is 9.11. The molecule has 8 heteroatoms. The fourth-order valence-corrected chi connectivity index (χ4v) is 4.17. The molecule has 3 aromatic carbocycles. The Morgan fingerprint density at radius 3 is 2.09 bits per heavy atom. The summed E-state index contributed by atoms with van der Waals surface area (Å²) in [4.78, 5) is 17.7. The van der Waals surface area contributed by atoms with Gasteiger partial charge in [0.05, 0.1) is 5.69 Å². The molecule has 0 saturated heterocycles. The van der Waals surface area contributed by atoms with Gasteiger partial charge in [0.15, 0.2) is 5.82 Å². The average Bonchev–Trinajstić information content (AvgIpc) is 3.21. The molecule has 0 atom stereocenters. The first-order chi connectivity index (χ1) is 15.3. The van der Waals surface area contributed by atoms with Gasteiger partial charge in [-0.15, -0.1) is 5.10 Å². The van der Waals surface area contributed by atoms with Crippen LogP contribution >= 0.6 is 47.8 Å². The molecule has 1 aromatic heterocycles. The van der Waals surface area contributed by atoms with Crippen LogP contribution < -0.4 is 5.32 Å². The third-order valence-electron chi connectivity index (χ3n) is 4.87. The first-order valence-electron chi connectivity index (χ1n) is 9.91.